The van der Waals surface area contributed by atoms with Gasteiger partial charge in [-0.3, -0.25) is 9.52 Å². The molecule has 1 heterocycles. The van der Waals surface area contributed by atoms with Gasteiger partial charge in [0.25, 0.3) is 15.9 Å². The molecular weight excluding hydrogens is 498 g/mol. The lowest BCUT2D eigenvalue weighted by Crippen LogP contribution is -2.20. The van der Waals surface area contributed by atoms with Crippen LogP contribution in [0.5, 0.6) is 5.75 Å². The molecule has 0 fully saturated rings. The zero-order valence-corrected chi connectivity index (χ0v) is 21.9. The van der Waals surface area contributed by atoms with E-state index in [4.69, 9.17) is 9.47 Å². The number of ether oxygens (including phenoxy) is 2. The minimum absolute atomic E-state index is 0.0839. The molecule has 0 saturated heterocycles. The molecule has 36 heavy (non-hydrogen) atoms. The summed E-state index contributed by atoms with van der Waals surface area (Å²) in [7, 11) is -2.33. The third-order valence-corrected chi connectivity index (χ3v) is 7.87. The Labute approximate surface area is 213 Å². The van der Waals surface area contributed by atoms with Crippen LogP contribution in [0, 0.1) is 6.92 Å². The molecule has 1 amide bonds. The van der Waals surface area contributed by atoms with Crippen LogP contribution in [0.25, 0.3) is 10.2 Å². The summed E-state index contributed by atoms with van der Waals surface area (Å²) in [5, 5.41) is 0. The Morgan fingerprint density at radius 3 is 2.58 bits per heavy atom. The number of amides is 1. The molecule has 1 aromatic heterocycles. The number of methoxy groups -OCH3 is 1. The molecule has 0 bridgehead atoms. The van der Waals surface area contributed by atoms with E-state index in [1.807, 2.05) is 30.5 Å². The van der Waals surface area contributed by atoms with Gasteiger partial charge in [-0.1, -0.05) is 23.5 Å². The first-order valence-electron chi connectivity index (χ1n) is 11.3. The zero-order chi connectivity index (χ0) is 25.7. The van der Waals surface area contributed by atoms with E-state index in [0.717, 1.165) is 15.8 Å². The van der Waals surface area contributed by atoms with Gasteiger partial charge in [0.15, 0.2) is 4.80 Å². The van der Waals surface area contributed by atoms with Crippen molar-refractivity contribution in [1.82, 2.24) is 4.57 Å². The van der Waals surface area contributed by atoms with Crippen molar-refractivity contribution in [2.75, 3.05) is 25.0 Å². The lowest BCUT2D eigenvalue weighted by molar-refractivity contribution is 0.0996. The molecule has 4 rings (SSSR count). The van der Waals surface area contributed by atoms with E-state index in [1.54, 1.807) is 30.3 Å². The highest BCUT2D eigenvalue weighted by Gasteiger charge is 2.16. The number of nitrogens with one attached hydrogen (secondary N) is 1. The summed E-state index contributed by atoms with van der Waals surface area (Å²) < 4.78 is 41.7. The number of carbonyl (C=O) groups excluding carboxylic acids is 1. The summed E-state index contributed by atoms with van der Waals surface area (Å²) in [5.41, 5.74) is 2.64. The Balaban J connectivity index is 1.63. The molecule has 4 aromatic rings. The van der Waals surface area contributed by atoms with Crippen molar-refractivity contribution in [3.8, 4) is 5.75 Å². The Morgan fingerprint density at radius 1 is 1.08 bits per heavy atom. The lowest BCUT2D eigenvalue weighted by atomic mass is 10.2. The first kappa shape index (κ1) is 25.6. The molecule has 0 aliphatic heterocycles. The van der Waals surface area contributed by atoms with E-state index in [9.17, 15) is 13.2 Å². The number of hydrogen-bond donors (Lipinski definition) is 1. The quantitative estimate of drug-likeness (QED) is 0.322. The summed E-state index contributed by atoms with van der Waals surface area (Å²) in [6.45, 7) is 5.62. The molecule has 0 radical (unpaired) electrons. The fourth-order valence-corrected chi connectivity index (χ4v) is 5.82. The topological polar surface area (TPSA) is 99.0 Å². The molecule has 0 spiro atoms. The number of hydrogen-bond acceptors (Lipinski definition) is 6. The molecule has 0 atom stereocenters. The van der Waals surface area contributed by atoms with Crippen molar-refractivity contribution in [2.45, 2.75) is 25.3 Å². The molecule has 3 aromatic carbocycles. The van der Waals surface area contributed by atoms with Crippen molar-refractivity contribution in [1.29, 1.82) is 0 Å². The molecule has 0 aliphatic rings. The Bertz CT molecular complexity index is 1550. The number of fused-ring (bicyclic) bond motifs is 1. The van der Waals surface area contributed by atoms with Crippen LogP contribution in [0.4, 0.5) is 5.69 Å². The highest BCUT2D eigenvalue weighted by Crippen LogP contribution is 2.21. The summed E-state index contributed by atoms with van der Waals surface area (Å²) in [4.78, 5) is 18.1. The van der Waals surface area contributed by atoms with E-state index in [1.165, 1.54) is 36.6 Å². The lowest BCUT2D eigenvalue weighted by Gasteiger charge is -2.09. The molecule has 0 unspecified atom stereocenters. The van der Waals surface area contributed by atoms with E-state index in [-0.39, 0.29) is 16.1 Å². The van der Waals surface area contributed by atoms with Gasteiger partial charge in [-0.05, 0) is 74.0 Å². The number of carbonyl (C=O) groups is 1. The molecule has 1 N–H and O–H groups in total. The Morgan fingerprint density at radius 2 is 1.86 bits per heavy atom. The monoisotopic (exact) mass is 525 g/mol. The third kappa shape index (κ3) is 5.84. The zero-order valence-electron chi connectivity index (χ0n) is 20.2. The first-order chi connectivity index (χ1) is 17.3. The standard InChI is InChI=1S/C26H27N3O5S2/c1-4-34-15-14-29-23-13-8-18(2)16-24(23)35-26(29)27-25(30)19-6-5-7-20(17-19)28-36(31,32)22-11-9-21(33-3)10-12-22/h5-13,16-17,28H,4,14-15H2,1-3H3. The van der Waals surface area contributed by atoms with Crippen LogP contribution in [0.2, 0.25) is 0 Å². The number of aryl methyl sites for hydroxylation is 1. The Hall–Kier alpha value is -3.47. The second-order valence-corrected chi connectivity index (χ2v) is 10.7. The fourth-order valence-electron chi connectivity index (χ4n) is 3.62. The summed E-state index contributed by atoms with van der Waals surface area (Å²) in [6, 6.07) is 18.5. The number of nitrogens with zero attached hydrogens (tertiary/aromatic N) is 2. The number of benzene rings is 3. The maximum absolute atomic E-state index is 13.1. The number of anilines is 1. The Kier molecular flexibility index (Phi) is 7.88. The minimum atomic E-state index is -3.84. The molecular formula is C26H27N3O5S2. The largest absolute Gasteiger partial charge is 0.497 e. The van der Waals surface area contributed by atoms with Crippen LogP contribution in [0.3, 0.4) is 0 Å². The average molecular weight is 526 g/mol. The van der Waals surface area contributed by atoms with Gasteiger partial charge in [0.1, 0.15) is 5.75 Å². The summed E-state index contributed by atoms with van der Waals surface area (Å²) >= 11 is 1.43. The van der Waals surface area contributed by atoms with Crippen LogP contribution in [0.15, 0.2) is 76.6 Å². The van der Waals surface area contributed by atoms with Gasteiger partial charge in [0.2, 0.25) is 0 Å². The number of sulfonamides is 1. The number of rotatable bonds is 9. The van der Waals surface area contributed by atoms with Gasteiger partial charge in [-0.2, -0.15) is 4.99 Å². The highest BCUT2D eigenvalue weighted by atomic mass is 32.2. The molecule has 10 heteroatoms. The molecule has 8 nitrogen and oxygen atoms in total. The second-order valence-electron chi connectivity index (χ2n) is 7.98. The maximum Gasteiger partial charge on any atom is 0.279 e. The molecule has 0 saturated carbocycles. The van der Waals surface area contributed by atoms with Crippen molar-refractivity contribution in [3.05, 3.63) is 82.7 Å². The van der Waals surface area contributed by atoms with Crippen molar-refractivity contribution < 1.29 is 22.7 Å². The van der Waals surface area contributed by atoms with Crippen LogP contribution in [0.1, 0.15) is 22.8 Å². The van der Waals surface area contributed by atoms with E-state index in [0.29, 0.717) is 30.3 Å². The van der Waals surface area contributed by atoms with Gasteiger partial charge < -0.3 is 14.0 Å². The van der Waals surface area contributed by atoms with Crippen LogP contribution >= 0.6 is 11.3 Å². The van der Waals surface area contributed by atoms with Crippen molar-refractivity contribution >= 4 is 43.2 Å². The van der Waals surface area contributed by atoms with E-state index in [2.05, 4.69) is 15.8 Å². The van der Waals surface area contributed by atoms with Crippen molar-refractivity contribution in [3.63, 3.8) is 0 Å². The SMILES string of the molecule is CCOCCn1c(=NC(=O)c2cccc(NS(=O)(=O)c3ccc(OC)cc3)c2)sc2cc(C)ccc21. The summed E-state index contributed by atoms with van der Waals surface area (Å²) in [5.74, 6) is 0.0898. The number of aromatic nitrogens is 1. The van der Waals surface area contributed by atoms with Gasteiger partial charge >= 0.3 is 0 Å². The molecule has 0 aliphatic carbocycles. The summed E-state index contributed by atoms with van der Waals surface area (Å²) in [6.07, 6.45) is 0. The van der Waals surface area contributed by atoms with Gasteiger partial charge in [-0.15, -0.1) is 0 Å². The highest BCUT2D eigenvalue weighted by molar-refractivity contribution is 7.92. The predicted molar refractivity (Wildman–Crippen MR) is 141 cm³/mol. The first-order valence-corrected chi connectivity index (χ1v) is 13.6. The van der Waals surface area contributed by atoms with Crippen LogP contribution in [-0.2, 0) is 21.3 Å². The third-order valence-electron chi connectivity index (χ3n) is 5.43. The van der Waals surface area contributed by atoms with Gasteiger partial charge in [-0.25, -0.2) is 8.42 Å². The van der Waals surface area contributed by atoms with Gasteiger partial charge in [0.05, 0.1) is 28.8 Å². The predicted octanol–water partition coefficient (Wildman–Crippen LogP) is 4.60. The maximum atomic E-state index is 13.1. The van der Waals surface area contributed by atoms with E-state index >= 15 is 0 Å². The number of thiazole rings is 1. The minimum Gasteiger partial charge on any atom is -0.497 e. The van der Waals surface area contributed by atoms with Gasteiger partial charge in [0, 0.05) is 24.4 Å². The van der Waals surface area contributed by atoms with Crippen LogP contribution in [-0.4, -0.2) is 39.2 Å². The average Bonchev–Trinajstić information content (AvgIpc) is 3.19. The fraction of sp³-hybridized carbons (Fsp3) is 0.231. The van der Waals surface area contributed by atoms with E-state index < -0.39 is 15.9 Å². The van der Waals surface area contributed by atoms with Crippen molar-refractivity contribution in [2.24, 2.45) is 4.99 Å². The smallest absolute Gasteiger partial charge is 0.279 e. The van der Waals surface area contributed by atoms with Crippen LogP contribution < -0.4 is 14.3 Å². The second kappa shape index (κ2) is 11.1. The molecule has 188 valence electrons. The normalized spacial score (nSPS) is 12.1.